The molecule has 7 heteroatoms. The lowest BCUT2D eigenvalue weighted by molar-refractivity contribution is 0.387. The van der Waals surface area contributed by atoms with E-state index in [0.717, 1.165) is 31.4 Å². The third-order valence-corrected chi connectivity index (χ3v) is 2.79. The zero-order chi connectivity index (χ0) is 14.8. The first-order valence-electron chi connectivity index (χ1n) is 7.43. The van der Waals surface area contributed by atoms with E-state index in [0.29, 0.717) is 18.3 Å². The van der Waals surface area contributed by atoms with E-state index in [2.05, 4.69) is 46.5 Å². The van der Waals surface area contributed by atoms with Gasteiger partial charge in [0.2, 0.25) is 5.89 Å². The fourth-order valence-corrected chi connectivity index (χ4v) is 1.78. The van der Waals surface area contributed by atoms with Crippen molar-refractivity contribution in [2.45, 2.75) is 53.5 Å². The number of aromatic nitrogens is 2. The summed E-state index contributed by atoms with van der Waals surface area (Å²) in [5.41, 5.74) is 0. The van der Waals surface area contributed by atoms with Gasteiger partial charge in [-0.25, -0.2) is 4.99 Å². The Morgan fingerprint density at radius 1 is 1.29 bits per heavy atom. The Morgan fingerprint density at radius 3 is 2.62 bits per heavy atom. The highest BCUT2D eigenvalue weighted by atomic mass is 127. The average molecular weight is 409 g/mol. The quantitative estimate of drug-likeness (QED) is 0.299. The summed E-state index contributed by atoms with van der Waals surface area (Å²) in [5, 5.41) is 10.4. The predicted molar refractivity (Wildman–Crippen MR) is 96.0 cm³/mol. The molecule has 0 atom stereocenters. The number of nitrogens with one attached hydrogen (secondary N) is 2. The van der Waals surface area contributed by atoms with Gasteiger partial charge < -0.3 is 15.2 Å². The number of nitrogens with zero attached hydrogens (tertiary/aromatic N) is 3. The van der Waals surface area contributed by atoms with Crippen LogP contribution in [0.4, 0.5) is 0 Å². The molecule has 0 aliphatic carbocycles. The third-order valence-electron chi connectivity index (χ3n) is 2.79. The zero-order valence-corrected chi connectivity index (χ0v) is 15.8. The van der Waals surface area contributed by atoms with Crippen molar-refractivity contribution >= 4 is 29.9 Å². The summed E-state index contributed by atoms with van der Waals surface area (Å²) in [4.78, 5) is 8.57. The largest absolute Gasteiger partial charge is 0.357 e. The Morgan fingerprint density at radius 2 is 2.05 bits per heavy atom. The van der Waals surface area contributed by atoms with Gasteiger partial charge in [0.1, 0.15) is 6.54 Å². The maximum Gasteiger partial charge on any atom is 0.223 e. The van der Waals surface area contributed by atoms with Gasteiger partial charge in [0.25, 0.3) is 0 Å². The first-order valence-corrected chi connectivity index (χ1v) is 7.43. The second-order valence-corrected chi connectivity index (χ2v) is 5.24. The first kappa shape index (κ1) is 20.1. The molecule has 0 aliphatic heterocycles. The fourth-order valence-electron chi connectivity index (χ4n) is 1.78. The minimum atomic E-state index is 0. The predicted octanol–water partition coefficient (Wildman–Crippen LogP) is 2.88. The summed E-state index contributed by atoms with van der Waals surface area (Å²) in [6, 6.07) is 0. The highest BCUT2D eigenvalue weighted by molar-refractivity contribution is 14.0. The lowest BCUT2D eigenvalue weighted by Gasteiger charge is -2.11. The molecule has 122 valence electrons. The van der Waals surface area contributed by atoms with Gasteiger partial charge in [0.15, 0.2) is 11.8 Å². The first-order chi connectivity index (χ1) is 9.61. The van der Waals surface area contributed by atoms with Crippen molar-refractivity contribution in [3.8, 4) is 0 Å². The molecule has 1 rings (SSSR count). The van der Waals surface area contributed by atoms with Crippen LogP contribution in [0.1, 0.15) is 51.7 Å². The van der Waals surface area contributed by atoms with Gasteiger partial charge in [-0.05, 0) is 19.3 Å². The van der Waals surface area contributed by atoms with E-state index in [1.165, 1.54) is 12.8 Å². The number of rotatable bonds is 8. The van der Waals surface area contributed by atoms with Crippen molar-refractivity contribution < 1.29 is 4.52 Å². The second-order valence-electron chi connectivity index (χ2n) is 5.24. The summed E-state index contributed by atoms with van der Waals surface area (Å²) >= 11 is 0. The molecule has 0 saturated carbocycles. The molecule has 0 aliphatic rings. The average Bonchev–Trinajstić information content (AvgIpc) is 2.81. The smallest absolute Gasteiger partial charge is 0.223 e. The van der Waals surface area contributed by atoms with Crippen molar-refractivity contribution in [3.05, 3.63) is 11.7 Å². The van der Waals surface area contributed by atoms with Crippen LogP contribution in [-0.4, -0.2) is 29.2 Å². The number of hydrogen-bond donors (Lipinski definition) is 2. The van der Waals surface area contributed by atoms with Crippen LogP contribution in [0, 0.1) is 12.8 Å². The van der Waals surface area contributed by atoms with Crippen molar-refractivity contribution in [2.24, 2.45) is 10.9 Å². The molecular weight excluding hydrogens is 381 g/mol. The topological polar surface area (TPSA) is 75.3 Å². The molecule has 0 fully saturated rings. The normalized spacial score (nSPS) is 11.4. The third kappa shape index (κ3) is 9.65. The van der Waals surface area contributed by atoms with Crippen LogP contribution in [0.25, 0.3) is 0 Å². The van der Waals surface area contributed by atoms with Crippen LogP contribution in [0.2, 0.25) is 0 Å². The van der Waals surface area contributed by atoms with Gasteiger partial charge in [-0.2, -0.15) is 4.98 Å². The zero-order valence-electron chi connectivity index (χ0n) is 13.5. The van der Waals surface area contributed by atoms with Crippen LogP contribution in [0.3, 0.4) is 0 Å². The molecule has 0 spiro atoms. The van der Waals surface area contributed by atoms with Crippen molar-refractivity contribution in [3.63, 3.8) is 0 Å². The molecular formula is C14H28IN5O. The van der Waals surface area contributed by atoms with Crippen molar-refractivity contribution in [2.75, 3.05) is 13.1 Å². The van der Waals surface area contributed by atoms with Crippen LogP contribution >= 0.6 is 24.0 Å². The summed E-state index contributed by atoms with van der Waals surface area (Å²) in [5.74, 6) is 2.76. The van der Waals surface area contributed by atoms with E-state index in [1.54, 1.807) is 6.92 Å². The molecule has 0 radical (unpaired) electrons. The molecule has 0 bridgehead atoms. The molecule has 2 N–H and O–H groups in total. The van der Waals surface area contributed by atoms with Gasteiger partial charge in [-0.3, -0.25) is 0 Å². The number of aryl methyl sites for hydroxylation is 1. The van der Waals surface area contributed by atoms with E-state index in [1.807, 2.05) is 0 Å². The van der Waals surface area contributed by atoms with Crippen LogP contribution in [-0.2, 0) is 6.54 Å². The lowest BCUT2D eigenvalue weighted by atomic mass is 10.1. The van der Waals surface area contributed by atoms with E-state index >= 15 is 0 Å². The molecule has 1 aromatic heterocycles. The SMILES string of the molecule is CCNC(=NCc1noc(C)n1)NCCCCC(C)C.I. The van der Waals surface area contributed by atoms with E-state index in [4.69, 9.17) is 4.52 Å². The van der Waals surface area contributed by atoms with E-state index in [-0.39, 0.29) is 24.0 Å². The van der Waals surface area contributed by atoms with E-state index in [9.17, 15) is 0 Å². The monoisotopic (exact) mass is 409 g/mol. The molecule has 0 aromatic carbocycles. The number of aliphatic imine (C=N–C) groups is 1. The van der Waals surface area contributed by atoms with Gasteiger partial charge >= 0.3 is 0 Å². The molecule has 0 amide bonds. The highest BCUT2D eigenvalue weighted by Crippen LogP contribution is 2.05. The lowest BCUT2D eigenvalue weighted by Crippen LogP contribution is -2.37. The Kier molecular flexibility index (Phi) is 11.3. The summed E-state index contributed by atoms with van der Waals surface area (Å²) < 4.78 is 4.92. The summed E-state index contributed by atoms with van der Waals surface area (Å²) in [6.45, 7) is 10.5. The fraction of sp³-hybridized carbons (Fsp3) is 0.786. The number of halogens is 1. The standard InChI is InChI=1S/C14H27N5O.HI/c1-5-15-14(16-9-7-6-8-11(2)3)17-10-13-18-12(4)20-19-13;/h11H,5-10H2,1-4H3,(H2,15,16,17);1H. The summed E-state index contributed by atoms with van der Waals surface area (Å²) in [6.07, 6.45) is 3.68. The molecule has 21 heavy (non-hydrogen) atoms. The Hall–Kier alpha value is -0.860. The summed E-state index contributed by atoms with van der Waals surface area (Å²) in [7, 11) is 0. The molecule has 1 aromatic rings. The highest BCUT2D eigenvalue weighted by Gasteiger charge is 2.02. The van der Waals surface area contributed by atoms with Gasteiger partial charge in [-0.15, -0.1) is 24.0 Å². The molecule has 1 heterocycles. The van der Waals surface area contributed by atoms with Crippen molar-refractivity contribution in [1.82, 2.24) is 20.8 Å². The Bertz CT molecular complexity index is 406. The Labute approximate surface area is 144 Å². The number of hydrogen-bond acceptors (Lipinski definition) is 4. The molecule has 0 saturated heterocycles. The Balaban J connectivity index is 0.00000400. The van der Waals surface area contributed by atoms with Gasteiger partial charge in [-0.1, -0.05) is 31.8 Å². The van der Waals surface area contributed by atoms with Gasteiger partial charge in [0, 0.05) is 20.0 Å². The van der Waals surface area contributed by atoms with Crippen LogP contribution in [0.5, 0.6) is 0 Å². The van der Waals surface area contributed by atoms with Crippen molar-refractivity contribution in [1.29, 1.82) is 0 Å². The van der Waals surface area contributed by atoms with Crippen LogP contribution < -0.4 is 10.6 Å². The second kappa shape index (κ2) is 11.8. The van der Waals surface area contributed by atoms with E-state index < -0.39 is 0 Å². The minimum Gasteiger partial charge on any atom is -0.357 e. The maximum absolute atomic E-state index is 4.92. The molecule has 6 nitrogen and oxygen atoms in total. The molecule has 0 unspecified atom stereocenters. The number of unbranched alkanes of at least 4 members (excludes halogenated alkanes) is 1. The minimum absolute atomic E-state index is 0. The van der Waals surface area contributed by atoms with Gasteiger partial charge in [0.05, 0.1) is 0 Å². The number of guanidine groups is 1. The van der Waals surface area contributed by atoms with Crippen LogP contribution in [0.15, 0.2) is 9.52 Å². The maximum atomic E-state index is 4.92.